The van der Waals surface area contributed by atoms with Crippen molar-refractivity contribution in [1.82, 2.24) is 10.2 Å². The van der Waals surface area contributed by atoms with Crippen LogP contribution in [-0.2, 0) is 19.1 Å². The maximum atomic E-state index is 13.0. The molecular formula is C23H30N2O4. The lowest BCUT2D eigenvalue weighted by molar-refractivity contribution is -0.156. The van der Waals surface area contributed by atoms with Crippen LogP contribution in [0.25, 0.3) is 6.08 Å². The van der Waals surface area contributed by atoms with Crippen LogP contribution in [0.3, 0.4) is 0 Å². The number of likely N-dealkylation sites (tertiary alicyclic amines) is 1. The van der Waals surface area contributed by atoms with Crippen LogP contribution in [-0.4, -0.2) is 48.4 Å². The molecule has 1 unspecified atom stereocenters. The standard InChI is InChI=1S/C23H30N2O4/c1-29-23(28)20-9-5-6-16-25(20)22(27)18-11-13-19(14-12-18)24-21(26)15-10-17-7-3-2-4-8-17/h2-4,7-8,10,15,18-20H,5-6,9,11-14,16H2,1H3,(H,24,26). The molecule has 1 atom stereocenters. The van der Waals surface area contributed by atoms with E-state index in [1.807, 2.05) is 30.3 Å². The van der Waals surface area contributed by atoms with Crippen LogP contribution >= 0.6 is 0 Å². The highest BCUT2D eigenvalue weighted by molar-refractivity contribution is 5.92. The number of carbonyl (C=O) groups excluding carboxylic acids is 3. The fourth-order valence-electron chi connectivity index (χ4n) is 4.28. The second kappa shape index (κ2) is 10.2. The normalized spacial score (nSPS) is 24.9. The van der Waals surface area contributed by atoms with Crippen LogP contribution in [0.2, 0.25) is 0 Å². The maximum absolute atomic E-state index is 13.0. The number of methoxy groups -OCH3 is 1. The number of rotatable bonds is 5. The van der Waals surface area contributed by atoms with Crippen molar-refractivity contribution in [2.75, 3.05) is 13.7 Å². The summed E-state index contributed by atoms with van der Waals surface area (Å²) in [6.07, 6.45) is 8.92. The first kappa shape index (κ1) is 21.1. The molecule has 1 N–H and O–H groups in total. The third kappa shape index (κ3) is 5.68. The first-order valence-electron chi connectivity index (χ1n) is 10.5. The van der Waals surface area contributed by atoms with E-state index < -0.39 is 6.04 Å². The Bertz CT molecular complexity index is 739. The van der Waals surface area contributed by atoms with Crippen molar-refractivity contribution in [3.63, 3.8) is 0 Å². The van der Waals surface area contributed by atoms with Crippen LogP contribution in [0.5, 0.6) is 0 Å². The van der Waals surface area contributed by atoms with Gasteiger partial charge in [-0.05, 0) is 56.6 Å². The quantitative estimate of drug-likeness (QED) is 0.611. The Balaban J connectivity index is 1.48. The molecule has 0 aromatic heterocycles. The molecular weight excluding hydrogens is 368 g/mol. The van der Waals surface area contributed by atoms with Crippen LogP contribution in [0.15, 0.2) is 36.4 Å². The van der Waals surface area contributed by atoms with Gasteiger partial charge in [0, 0.05) is 24.6 Å². The summed E-state index contributed by atoms with van der Waals surface area (Å²) >= 11 is 0. The van der Waals surface area contributed by atoms with E-state index >= 15 is 0 Å². The van der Waals surface area contributed by atoms with Crippen molar-refractivity contribution in [3.05, 3.63) is 42.0 Å². The molecule has 1 saturated heterocycles. The number of nitrogens with one attached hydrogen (secondary N) is 1. The molecule has 2 amide bonds. The van der Waals surface area contributed by atoms with Gasteiger partial charge in [0.1, 0.15) is 6.04 Å². The zero-order chi connectivity index (χ0) is 20.6. The van der Waals surface area contributed by atoms with Gasteiger partial charge < -0.3 is 15.0 Å². The minimum atomic E-state index is -0.443. The van der Waals surface area contributed by atoms with E-state index in [9.17, 15) is 14.4 Å². The lowest BCUT2D eigenvalue weighted by Crippen LogP contribution is -2.51. The third-order valence-electron chi connectivity index (χ3n) is 5.91. The van der Waals surface area contributed by atoms with Crippen molar-refractivity contribution < 1.29 is 19.1 Å². The van der Waals surface area contributed by atoms with Crippen LogP contribution in [0.1, 0.15) is 50.5 Å². The van der Waals surface area contributed by atoms with Crippen LogP contribution < -0.4 is 5.32 Å². The summed E-state index contributed by atoms with van der Waals surface area (Å²) in [6.45, 7) is 0.625. The number of carbonyl (C=O) groups is 3. The molecule has 3 rings (SSSR count). The smallest absolute Gasteiger partial charge is 0.328 e. The molecule has 1 aromatic rings. The Labute approximate surface area is 172 Å². The number of nitrogens with zero attached hydrogens (tertiary/aromatic N) is 1. The lowest BCUT2D eigenvalue weighted by Gasteiger charge is -2.38. The Kier molecular flexibility index (Phi) is 7.44. The van der Waals surface area contributed by atoms with Gasteiger partial charge in [0.05, 0.1) is 7.11 Å². The average Bonchev–Trinajstić information content (AvgIpc) is 2.78. The predicted molar refractivity (Wildman–Crippen MR) is 111 cm³/mol. The Morgan fingerprint density at radius 1 is 1.03 bits per heavy atom. The Morgan fingerprint density at radius 2 is 1.76 bits per heavy atom. The molecule has 1 aliphatic carbocycles. The van der Waals surface area contributed by atoms with Gasteiger partial charge in [-0.3, -0.25) is 9.59 Å². The largest absolute Gasteiger partial charge is 0.467 e. The highest BCUT2D eigenvalue weighted by atomic mass is 16.5. The van der Waals surface area contributed by atoms with Gasteiger partial charge in [-0.1, -0.05) is 30.3 Å². The molecule has 2 fully saturated rings. The topological polar surface area (TPSA) is 75.7 Å². The van der Waals surface area contributed by atoms with Gasteiger partial charge in [0.15, 0.2) is 0 Å². The minimum Gasteiger partial charge on any atom is -0.467 e. The summed E-state index contributed by atoms with van der Waals surface area (Å²) < 4.78 is 4.89. The maximum Gasteiger partial charge on any atom is 0.328 e. The van der Waals surface area contributed by atoms with Crippen molar-refractivity contribution in [2.24, 2.45) is 5.92 Å². The highest BCUT2D eigenvalue weighted by Gasteiger charge is 2.37. The molecule has 1 saturated carbocycles. The SMILES string of the molecule is COC(=O)C1CCCCN1C(=O)C1CCC(NC(=O)C=Cc2ccccc2)CC1. The summed E-state index contributed by atoms with van der Waals surface area (Å²) in [5.74, 6) is -0.434. The second-order valence-corrected chi connectivity index (χ2v) is 7.87. The summed E-state index contributed by atoms with van der Waals surface area (Å²) in [5, 5.41) is 3.04. The Hall–Kier alpha value is -2.63. The third-order valence-corrected chi connectivity index (χ3v) is 5.91. The zero-order valence-corrected chi connectivity index (χ0v) is 17.0. The number of piperidine rings is 1. The number of benzene rings is 1. The molecule has 0 radical (unpaired) electrons. The summed E-state index contributed by atoms with van der Waals surface area (Å²) in [4.78, 5) is 38.9. The van der Waals surface area contributed by atoms with E-state index in [4.69, 9.17) is 4.74 Å². The second-order valence-electron chi connectivity index (χ2n) is 7.87. The molecule has 29 heavy (non-hydrogen) atoms. The molecule has 6 heteroatoms. The van der Waals surface area contributed by atoms with Gasteiger partial charge in [0.25, 0.3) is 0 Å². The monoisotopic (exact) mass is 398 g/mol. The summed E-state index contributed by atoms with van der Waals surface area (Å²) in [5.41, 5.74) is 0.985. The van der Waals surface area contributed by atoms with Gasteiger partial charge >= 0.3 is 5.97 Å². The van der Waals surface area contributed by atoms with Gasteiger partial charge in [0.2, 0.25) is 11.8 Å². The van der Waals surface area contributed by atoms with E-state index in [0.29, 0.717) is 13.0 Å². The van der Waals surface area contributed by atoms with E-state index in [1.165, 1.54) is 7.11 Å². The lowest BCUT2D eigenvalue weighted by atomic mass is 9.84. The molecule has 6 nitrogen and oxygen atoms in total. The number of amides is 2. The van der Waals surface area contributed by atoms with Crippen LogP contribution in [0.4, 0.5) is 0 Å². The molecule has 156 valence electrons. The average molecular weight is 399 g/mol. The fraction of sp³-hybridized carbons (Fsp3) is 0.522. The first-order valence-corrected chi connectivity index (χ1v) is 10.5. The molecule has 0 spiro atoms. The molecule has 0 bridgehead atoms. The van der Waals surface area contributed by atoms with E-state index in [2.05, 4.69) is 5.32 Å². The van der Waals surface area contributed by atoms with Crippen molar-refractivity contribution in [1.29, 1.82) is 0 Å². The summed E-state index contributed by atoms with van der Waals surface area (Å²) in [7, 11) is 1.37. The number of hydrogen-bond acceptors (Lipinski definition) is 4. The van der Waals surface area contributed by atoms with Crippen molar-refractivity contribution in [2.45, 2.75) is 57.0 Å². The predicted octanol–water partition coefficient (Wildman–Crippen LogP) is 2.93. The highest BCUT2D eigenvalue weighted by Crippen LogP contribution is 2.29. The van der Waals surface area contributed by atoms with E-state index in [1.54, 1.807) is 17.1 Å². The Morgan fingerprint density at radius 3 is 2.45 bits per heavy atom. The fourth-order valence-corrected chi connectivity index (χ4v) is 4.28. The first-order chi connectivity index (χ1) is 14.1. The molecule has 1 heterocycles. The number of esters is 1. The van der Waals surface area contributed by atoms with Gasteiger partial charge in [-0.25, -0.2) is 4.79 Å². The van der Waals surface area contributed by atoms with Gasteiger partial charge in [-0.15, -0.1) is 0 Å². The number of hydrogen-bond donors (Lipinski definition) is 1. The van der Waals surface area contributed by atoms with Crippen molar-refractivity contribution in [3.8, 4) is 0 Å². The number of ether oxygens (including phenoxy) is 1. The van der Waals surface area contributed by atoms with E-state index in [0.717, 1.165) is 44.1 Å². The zero-order valence-electron chi connectivity index (χ0n) is 17.0. The van der Waals surface area contributed by atoms with E-state index in [-0.39, 0.29) is 29.7 Å². The van der Waals surface area contributed by atoms with Gasteiger partial charge in [-0.2, -0.15) is 0 Å². The van der Waals surface area contributed by atoms with Crippen molar-refractivity contribution >= 4 is 23.9 Å². The van der Waals surface area contributed by atoms with Crippen LogP contribution in [0, 0.1) is 5.92 Å². The molecule has 1 aromatic carbocycles. The molecule has 2 aliphatic rings. The molecule has 1 aliphatic heterocycles. The minimum absolute atomic E-state index is 0.0637. The summed E-state index contributed by atoms with van der Waals surface area (Å²) in [6, 6.07) is 9.35.